The molecular weight excluding hydrogens is 402 g/mol. The number of nitrogens with zero attached hydrogens (tertiary/aromatic N) is 1. The first-order valence-corrected chi connectivity index (χ1v) is 10.3. The van der Waals surface area contributed by atoms with E-state index in [1.165, 1.54) is 0 Å². The van der Waals surface area contributed by atoms with Gasteiger partial charge < -0.3 is 20.3 Å². The average molecular weight is 432 g/mol. The van der Waals surface area contributed by atoms with E-state index in [4.69, 9.17) is 16.3 Å². The summed E-state index contributed by atoms with van der Waals surface area (Å²) in [6.45, 7) is 4.17. The molecule has 30 heavy (non-hydrogen) atoms. The number of amides is 2. The SMILES string of the molecule is COc1ccc(C(=O)N[C@@H](C(=O)NC[C@@H](c2ccccc2Cl)N(C)C)C(C)C)cc1. The summed E-state index contributed by atoms with van der Waals surface area (Å²) in [6, 6.07) is 13.6. The van der Waals surface area contributed by atoms with Crippen LogP contribution in [-0.4, -0.2) is 50.5 Å². The van der Waals surface area contributed by atoms with Crippen molar-refractivity contribution < 1.29 is 14.3 Å². The van der Waals surface area contributed by atoms with Gasteiger partial charge in [-0.1, -0.05) is 43.6 Å². The third kappa shape index (κ3) is 6.21. The van der Waals surface area contributed by atoms with E-state index >= 15 is 0 Å². The van der Waals surface area contributed by atoms with Crippen molar-refractivity contribution in [2.45, 2.75) is 25.9 Å². The number of nitrogens with one attached hydrogen (secondary N) is 2. The van der Waals surface area contributed by atoms with E-state index in [1.807, 2.05) is 57.1 Å². The highest BCUT2D eigenvalue weighted by Gasteiger charge is 2.26. The van der Waals surface area contributed by atoms with E-state index < -0.39 is 6.04 Å². The van der Waals surface area contributed by atoms with Gasteiger partial charge in [-0.25, -0.2) is 0 Å². The van der Waals surface area contributed by atoms with Gasteiger partial charge in [-0.05, 0) is 55.9 Å². The van der Waals surface area contributed by atoms with Gasteiger partial charge in [-0.2, -0.15) is 0 Å². The Morgan fingerprint density at radius 3 is 2.23 bits per heavy atom. The molecule has 162 valence electrons. The number of likely N-dealkylation sites (N-methyl/N-ethyl adjacent to an activating group) is 1. The van der Waals surface area contributed by atoms with Gasteiger partial charge >= 0.3 is 0 Å². The summed E-state index contributed by atoms with van der Waals surface area (Å²) in [6.07, 6.45) is 0. The second-order valence-electron chi connectivity index (χ2n) is 7.67. The summed E-state index contributed by atoms with van der Waals surface area (Å²) >= 11 is 6.34. The zero-order chi connectivity index (χ0) is 22.3. The molecule has 7 heteroatoms. The minimum atomic E-state index is -0.659. The van der Waals surface area contributed by atoms with Crippen LogP contribution in [0, 0.1) is 5.92 Å². The molecule has 0 saturated carbocycles. The Labute approximate surface area is 183 Å². The molecule has 0 aliphatic heterocycles. The van der Waals surface area contributed by atoms with Gasteiger partial charge in [0.15, 0.2) is 0 Å². The van der Waals surface area contributed by atoms with Crippen LogP contribution in [0.3, 0.4) is 0 Å². The van der Waals surface area contributed by atoms with E-state index in [-0.39, 0.29) is 23.8 Å². The van der Waals surface area contributed by atoms with Crippen LogP contribution >= 0.6 is 11.6 Å². The quantitative estimate of drug-likeness (QED) is 0.637. The highest BCUT2D eigenvalue weighted by atomic mass is 35.5. The number of hydrogen-bond donors (Lipinski definition) is 2. The number of halogens is 1. The molecule has 0 fully saturated rings. The lowest BCUT2D eigenvalue weighted by atomic mass is 10.0. The zero-order valence-corrected chi connectivity index (χ0v) is 18.9. The lowest BCUT2D eigenvalue weighted by Crippen LogP contribution is -2.51. The van der Waals surface area contributed by atoms with Crippen LogP contribution in [0.25, 0.3) is 0 Å². The third-order valence-electron chi connectivity index (χ3n) is 4.95. The van der Waals surface area contributed by atoms with Crippen molar-refractivity contribution in [3.63, 3.8) is 0 Å². The number of ether oxygens (including phenoxy) is 1. The van der Waals surface area contributed by atoms with Crippen molar-refractivity contribution in [3.8, 4) is 5.75 Å². The summed E-state index contributed by atoms with van der Waals surface area (Å²) in [5.74, 6) is 0.0526. The molecule has 2 aromatic carbocycles. The predicted octanol–water partition coefficient (Wildman–Crippen LogP) is 3.52. The van der Waals surface area contributed by atoms with E-state index in [0.717, 1.165) is 5.56 Å². The first kappa shape index (κ1) is 23.7. The molecule has 2 rings (SSSR count). The van der Waals surface area contributed by atoms with Gasteiger partial charge in [-0.3, -0.25) is 9.59 Å². The van der Waals surface area contributed by atoms with E-state index in [9.17, 15) is 9.59 Å². The van der Waals surface area contributed by atoms with Gasteiger partial charge in [-0.15, -0.1) is 0 Å². The average Bonchev–Trinajstić information content (AvgIpc) is 2.72. The third-order valence-corrected chi connectivity index (χ3v) is 5.29. The van der Waals surface area contributed by atoms with E-state index in [2.05, 4.69) is 10.6 Å². The monoisotopic (exact) mass is 431 g/mol. The first-order valence-electron chi connectivity index (χ1n) is 9.88. The predicted molar refractivity (Wildman–Crippen MR) is 120 cm³/mol. The number of hydrogen-bond acceptors (Lipinski definition) is 4. The fourth-order valence-corrected chi connectivity index (χ4v) is 3.39. The fraction of sp³-hybridized carbons (Fsp3) is 0.391. The van der Waals surface area contributed by atoms with Crippen molar-refractivity contribution in [1.82, 2.24) is 15.5 Å². The second kappa shape index (κ2) is 11.0. The standard InChI is InChI=1S/C23H30ClN3O3/c1-15(2)21(26-22(28)16-10-12-17(30-5)13-11-16)23(29)25-14-20(27(3)4)18-8-6-7-9-19(18)24/h6-13,15,20-21H,14H2,1-5H3,(H,25,29)(H,26,28)/t20-,21+/m0/s1. The molecule has 0 radical (unpaired) electrons. The molecule has 0 aliphatic rings. The Hall–Kier alpha value is -2.57. The number of carbonyl (C=O) groups is 2. The Bertz CT molecular complexity index is 853. The summed E-state index contributed by atoms with van der Waals surface area (Å²) in [5.41, 5.74) is 1.41. The Morgan fingerprint density at radius 2 is 1.70 bits per heavy atom. The number of rotatable bonds is 9. The van der Waals surface area contributed by atoms with E-state index in [1.54, 1.807) is 31.4 Å². The van der Waals surface area contributed by atoms with Gasteiger partial charge in [0.25, 0.3) is 5.91 Å². The molecule has 0 saturated heterocycles. The zero-order valence-electron chi connectivity index (χ0n) is 18.1. The molecule has 6 nitrogen and oxygen atoms in total. The summed E-state index contributed by atoms with van der Waals surface area (Å²) < 4.78 is 5.12. The summed E-state index contributed by atoms with van der Waals surface area (Å²) in [5, 5.41) is 6.47. The van der Waals surface area contributed by atoms with Crippen molar-refractivity contribution in [2.75, 3.05) is 27.7 Å². The van der Waals surface area contributed by atoms with Crippen molar-refractivity contribution >= 4 is 23.4 Å². The van der Waals surface area contributed by atoms with Gasteiger partial charge in [0.05, 0.1) is 13.2 Å². The molecule has 2 amide bonds. The smallest absolute Gasteiger partial charge is 0.251 e. The van der Waals surface area contributed by atoms with Crippen LogP contribution in [0.2, 0.25) is 5.02 Å². The maximum Gasteiger partial charge on any atom is 0.251 e. The van der Waals surface area contributed by atoms with Gasteiger partial charge in [0, 0.05) is 17.1 Å². The normalized spacial score (nSPS) is 13.1. The maximum absolute atomic E-state index is 12.9. The Morgan fingerprint density at radius 1 is 1.07 bits per heavy atom. The number of methoxy groups -OCH3 is 1. The molecule has 2 atom stereocenters. The van der Waals surface area contributed by atoms with Crippen LogP contribution in [-0.2, 0) is 4.79 Å². The first-order chi connectivity index (χ1) is 14.2. The maximum atomic E-state index is 12.9. The molecule has 0 unspecified atom stereocenters. The van der Waals surface area contributed by atoms with Crippen molar-refractivity contribution in [2.24, 2.45) is 5.92 Å². The largest absolute Gasteiger partial charge is 0.497 e. The van der Waals surface area contributed by atoms with Crippen molar-refractivity contribution in [1.29, 1.82) is 0 Å². The van der Waals surface area contributed by atoms with Crippen LogP contribution < -0.4 is 15.4 Å². The second-order valence-corrected chi connectivity index (χ2v) is 8.08. The van der Waals surface area contributed by atoms with E-state index in [0.29, 0.717) is 22.9 Å². The minimum absolute atomic E-state index is 0.0784. The molecular formula is C23H30ClN3O3. The van der Waals surface area contributed by atoms with Crippen LogP contribution in [0.4, 0.5) is 0 Å². The molecule has 0 aliphatic carbocycles. The minimum Gasteiger partial charge on any atom is -0.497 e. The van der Waals surface area contributed by atoms with Crippen LogP contribution in [0.5, 0.6) is 5.75 Å². The van der Waals surface area contributed by atoms with Crippen LogP contribution in [0.1, 0.15) is 35.8 Å². The fourth-order valence-electron chi connectivity index (χ4n) is 3.13. The lowest BCUT2D eigenvalue weighted by Gasteiger charge is -2.28. The highest BCUT2D eigenvalue weighted by molar-refractivity contribution is 6.31. The van der Waals surface area contributed by atoms with Gasteiger partial charge in [0.1, 0.15) is 11.8 Å². The van der Waals surface area contributed by atoms with Crippen LogP contribution in [0.15, 0.2) is 48.5 Å². The topological polar surface area (TPSA) is 70.7 Å². The Balaban J connectivity index is 2.07. The highest BCUT2D eigenvalue weighted by Crippen LogP contribution is 2.25. The van der Waals surface area contributed by atoms with Crippen molar-refractivity contribution in [3.05, 3.63) is 64.7 Å². The summed E-state index contributed by atoms with van der Waals surface area (Å²) in [4.78, 5) is 27.5. The molecule has 0 bridgehead atoms. The molecule has 0 heterocycles. The number of carbonyl (C=O) groups excluding carboxylic acids is 2. The summed E-state index contributed by atoms with van der Waals surface area (Å²) in [7, 11) is 5.44. The van der Waals surface area contributed by atoms with Gasteiger partial charge in [0.2, 0.25) is 5.91 Å². The molecule has 0 spiro atoms. The molecule has 2 N–H and O–H groups in total. The molecule has 2 aromatic rings. The number of benzene rings is 2. The Kier molecular flexibility index (Phi) is 8.69. The lowest BCUT2D eigenvalue weighted by molar-refractivity contribution is -0.124. The molecule has 0 aromatic heterocycles.